The number of carbonyl (C=O) groups excluding carboxylic acids is 1. The summed E-state index contributed by atoms with van der Waals surface area (Å²) in [4.78, 5) is 15.2. The summed E-state index contributed by atoms with van der Waals surface area (Å²) < 4.78 is 5.44. The van der Waals surface area contributed by atoms with Crippen LogP contribution in [0.1, 0.15) is 17.5 Å². The number of fused-ring (bicyclic) bond motifs is 1. The summed E-state index contributed by atoms with van der Waals surface area (Å²) in [5.41, 5.74) is 4.35. The molecule has 0 aliphatic carbocycles. The zero-order valence-corrected chi connectivity index (χ0v) is 16.2. The molecular formula is C25H23NO2. The summed E-state index contributed by atoms with van der Waals surface area (Å²) in [6.45, 7) is 3.93. The van der Waals surface area contributed by atoms with Crippen LogP contribution < -0.4 is 9.64 Å². The molecule has 3 nitrogen and oxygen atoms in total. The molecule has 140 valence electrons. The lowest BCUT2D eigenvalue weighted by Crippen LogP contribution is -2.39. The van der Waals surface area contributed by atoms with E-state index in [1.807, 2.05) is 49.5 Å². The van der Waals surface area contributed by atoms with Crippen molar-refractivity contribution in [3.8, 4) is 16.9 Å². The number of carbonyl (C=O) groups is 1. The Morgan fingerprint density at radius 2 is 1.68 bits per heavy atom. The van der Waals surface area contributed by atoms with Crippen LogP contribution in [0, 0.1) is 0 Å². The first-order chi connectivity index (χ1) is 13.6. The van der Waals surface area contributed by atoms with E-state index in [9.17, 15) is 4.79 Å². The third kappa shape index (κ3) is 2.63. The predicted octanol–water partition coefficient (Wildman–Crippen LogP) is 5.20. The molecule has 0 N–H and O–H groups in total. The average molecular weight is 369 g/mol. The number of hydrogen-bond donors (Lipinski definition) is 0. The largest absolute Gasteiger partial charge is 0.497 e. The van der Waals surface area contributed by atoms with Gasteiger partial charge in [0.05, 0.1) is 7.11 Å². The summed E-state index contributed by atoms with van der Waals surface area (Å²) in [6.07, 6.45) is 2.35. The molecule has 1 heterocycles. The van der Waals surface area contributed by atoms with Crippen LogP contribution in [0.15, 0.2) is 85.5 Å². The SMILES string of the molecule is C=CC[C@]1(c2ccc(-c3ccccc3)cc2)C(=O)N(C)c2ccc(OC)cc21. The van der Waals surface area contributed by atoms with Crippen molar-refractivity contribution in [1.29, 1.82) is 0 Å². The van der Waals surface area contributed by atoms with Crippen LogP contribution in [0.5, 0.6) is 5.75 Å². The van der Waals surface area contributed by atoms with Crippen LogP contribution in [0.25, 0.3) is 11.1 Å². The smallest absolute Gasteiger partial charge is 0.242 e. The van der Waals surface area contributed by atoms with Gasteiger partial charge in [0.2, 0.25) is 5.91 Å². The normalized spacial score (nSPS) is 18.1. The molecule has 0 fully saturated rings. The van der Waals surface area contributed by atoms with Gasteiger partial charge in [-0.25, -0.2) is 0 Å². The van der Waals surface area contributed by atoms with E-state index in [2.05, 4.69) is 43.0 Å². The fourth-order valence-corrected chi connectivity index (χ4v) is 4.18. The molecule has 1 aliphatic heterocycles. The van der Waals surface area contributed by atoms with Crippen molar-refractivity contribution in [3.63, 3.8) is 0 Å². The second-order valence-corrected chi connectivity index (χ2v) is 7.09. The lowest BCUT2D eigenvalue weighted by molar-refractivity contribution is -0.121. The quantitative estimate of drug-likeness (QED) is 0.579. The Balaban J connectivity index is 1.87. The van der Waals surface area contributed by atoms with Gasteiger partial charge < -0.3 is 9.64 Å². The minimum atomic E-state index is -0.782. The molecule has 0 spiro atoms. The van der Waals surface area contributed by atoms with Crippen molar-refractivity contribution in [2.24, 2.45) is 0 Å². The maximum Gasteiger partial charge on any atom is 0.242 e. The molecule has 1 atom stereocenters. The van der Waals surface area contributed by atoms with Crippen molar-refractivity contribution in [1.82, 2.24) is 0 Å². The van der Waals surface area contributed by atoms with Crippen LogP contribution in [-0.4, -0.2) is 20.1 Å². The van der Waals surface area contributed by atoms with Crippen LogP contribution in [0.2, 0.25) is 0 Å². The van der Waals surface area contributed by atoms with Gasteiger partial charge in [0.15, 0.2) is 0 Å². The molecule has 0 aromatic heterocycles. The van der Waals surface area contributed by atoms with Crippen molar-refractivity contribution >= 4 is 11.6 Å². The molecule has 1 aliphatic rings. The van der Waals surface area contributed by atoms with Gasteiger partial charge in [-0.05, 0) is 46.9 Å². The Morgan fingerprint density at radius 3 is 2.32 bits per heavy atom. The van der Waals surface area contributed by atoms with E-state index in [-0.39, 0.29) is 5.91 Å². The fourth-order valence-electron chi connectivity index (χ4n) is 4.18. The third-order valence-corrected chi connectivity index (χ3v) is 5.63. The van der Waals surface area contributed by atoms with E-state index >= 15 is 0 Å². The van der Waals surface area contributed by atoms with Gasteiger partial charge in [-0.1, -0.05) is 60.7 Å². The van der Waals surface area contributed by atoms with Crippen molar-refractivity contribution < 1.29 is 9.53 Å². The highest BCUT2D eigenvalue weighted by Gasteiger charge is 2.50. The molecule has 0 saturated carbocycles. The second kappa shape index (κ2) is 7.01. The van der Waals surface area contributed by atoms with Gasteiger partial charge in [-0.3, -0.25) is 4.79 Å². The number of benzene rings is 3. The molecule has 28 heavy (non-hydrogen) atoms. The van der Waals surface area contributed by atoms with E-state index in [0.717, 1.165) is 33.7 Å². The number of methoxy groups -OCH3 is 1. The first-order valence-electron chi connectivity index (χ1n) is 9.35. The highest BCUT2D eigenvalue weighted by molar-refractivity contribution is 6.10. The highest BCUT2D eigenvalue weighted by atomic mass is 16.5. The van der Waals surface area contributed by atoms with Gasteiger partial charge in [0.1, 0.15) is 11.2 Å². The molecule has 0 bridgehead atoms. The Bertz CT molecular complexity index is 1020. The fraction of sp³-hybridized carbons (Fsp3) is 0.160. The van der Waals surface area contributed by atoms with Crippen molar-refractivity contribution in [2.75, 3.05) is 19.1 Å². The first kappa shape index (κ1) is 18.1. The summed E-state index contributed by atoms with van der Waals surface area (Å²) in [6, 6.07) is 24.4. The lowest BCUT2D eigenvalue weighted by atomic mass is 9.72. The van der Waals surface area contributed by atoms with Gasteiger partial charge in [0.25, 0.3) is 0 Å². The monoisotopic (exact) mass is 369 g/mol. The molecule has 0 radical (unpaired) electrons. The number of likely N-dealkylation sites (N-methyl/N-ethyl adjacent to an activating group) is 1. The lowest BCUT2D eigenvalue weighted by Gasteiger charge is -2.28. The molecule has 3 aromatic rings. The third-order valence-electron chi connectivity index (χ3n) is 5.63. The molecule has 4 rings (SSSR count). The molecule has 0 unspecified atom stereocenters. The van der Waals surface area contributed by atoms with Crippen molar-refractivity contribution in [3.05, 3.63) is 96.6 Å². The maximum absolute atomic E-state index is 13.5. The maximum atomic E-state index is 13.5. The summed E-state index contributed by atoms with van der Waals surface area (Å²) in [7, 11) is 3.48. The molecule has 1 amide bonds. The van der Waals surface area contributed by atoms with Gasteiger partial charge >= 0.3 is 0 Å². The summed E-state index contributed by atoms with van der Waals surface area (Å²) >= 11 is 0. The Labute approximate surface area is 165 Å². The number of nitrogens with zero attached hydrogens (tertiary/aromatic N) is 1. The average Bonchev–Trinajstić information content (AvgIpc) is 2.97. The Morgan fingerprint density at radius 1 is 1.00 bits per heavy atom. The van der Waals surface area contributed by atoms with Gasteiger partial charge in [0, 0.05) is 12.7 Å². The zero-order chi connectivity index (χ0) is 19.7. The van der Waals surface area contributed by atoms with Crippen LogP contribution in [0.3, 0.4) is 0 Å². The van der Waals surface area contributed by atoms with E-state index in [1.165, 1.54) is 0 Å². The van der Waals surface area contributed by atoms with Gasteiger partial charge in [-0.2, -0.15) is 0 Å². The van der Waals surface area contributed by atoms with Crippen LogP contribution >= 0.6 is 0 Å². The highest BCUT2D eigenvalue weighted by Crippen LogP contribution is 2.49. The standard InChI is InChI=1S/C25H23NO2/c1-4-16-25(20-12-10-19(11-13-20)18-8-6-5-7-9-18)22-17-21(28-3)14-15-23(22)26(2)24(25)27/h4-15,17H,1,16H2,2-3H3/t25-/m1/s1. The molecule has 3 heteroatoms. The number of amides is 1. The Kier molecular flexibility index (Phi) is 4.52. The number of ether oxygens (including phenoxy) is 1. The molecule has 0 saturated heterocycles. The predicted molar refractivity (Wildman–Crippen MR) is 114 cm³/mol. The van der Waals surface area contributed by atoms with Gasteiger partial charge in [-0.15, -0.1) is 6.58 Å². The minimum absolute atomic E-state index is 0.0584. The topological polar surface area (TPSA) is 29.5 Å². The van der Waals surface area contributed by atoms with Crippen LogP contribution in [-0.2, 0) is 10.2 Å². The molecular weight excluding hydrogens is 346 g/mol. The summed E-state index contributed by atoms with van der Waals surface area (Å²) in [5.74, 6) is 0.805. The number of rotatable bonds is 5. The molecule has 3 aromatic carbocycles. The van der Waals surface area contributed by atoms with E-state index in [1.54, 1.807) is 12.0 Å². The number of anilines is 1. The number of allylic oxidation sites excluding steroid dienone is 1. The van der Waals surface area contributed by atoms with E-state index in [0.29, 0.717) is 6.42 Å². The van der Waals surface area contributed by atoms with E-state index < -0.39 is 5.41 Å². The van der Waals surface area contributed by atoms with Crippen molar-refractivity contribution in [2.45, 2.75) is 11.8 Å². The second-order valence-electron chi connectivity index (χ2n) is 7.09. The van der Waals surface area contributed by atoms with Crippen LogP contribution in [0.4, 0.5) is 5.69 Å². The Hall–Kier alpha value is -3.33. The minimum Gasteiger partial charge on any atom is -0.497 e. The number of hydrogen-bond acceptors (Lipinski definition) is 2. The first-order valence-corrected chi connectivity index (χ1v) is 9.35. The van der Waals surface area contributed by atoms with E-state index in [4.69, 9.17) is 4.74 Å². The zero-order valence-electron chi connectivity index (χ0n) is 16.2. The summed E-state index contributed by atoms with van der Waals surface area (Å²) in [5, 5.41) is 0.